The topological polar surface area (TPSA) is 38.0 Å². The van der Waals surface area contributed by atoms with Crippen LogP contribution in [0.4, 0.5) is 4.39 Å². The number of rotatable bonds is 4. The van der Waals surface area contributed by atoms with Crippen LogP contribution in [0, 0.1) is 5.82 Å². The SMILES string of the molecule is NNC(Cc1ccc(Cl)s1)c1ccc(F)cc1Br. The summed E-state index contributed by atoms with van der Waals surface area (Å²) in [5, 5.41) is 0. The molecule has 0 fully saturated rings. The largest absolute Gasteiger partial charge is 0.271 e. The fraction of sp³-hybridized carbons (Fsp3) is 0.167. The maximum atomic E-state index is 13.0. The molecule has 1 aromatic heterocycles. The normalized spacial score (nSPS) is 12.7. The van der Waals surface area contributed by atoms with Crippen molar-refractivity contribution in [1.29, 1.82) is 0 Å². The zero-order chi connectivity index (χ0) is 13.1. The van der Waals surface area contributed by atoms with E-state index < -0.39 is 0 Å². The number of hydrogen-bond acceptors (Lipinski definition) is 3. The van der Waals surface area contributed by atoms with E-state index in [4.69, 9.17) is 17.4 Å². The molecule has 0 radical (unpaired) electrons. The number of nitrogens with one attached hydrogen (secondary N) is 1. The number of halogens is 3. The number of hydrazine groups is 1. The van der Waals surface area contributed by atoms with Gasteiger partial charge in [-0.3, -0.25) is 11.3 Å². The van der Waals surface area contributed by atoms with Crippen LogP contribution < -0.4 is 11.3 Å². The molecule has 0 amide bonds. The molecule has 2 rings (SSSR count). The third-order valence-corrected chi connectivity index (χ3v) is 4.51. The predicted octanol–water partition coefficient (Wildman–Crippen LogP) is 4.05. The predicted molar refractivity (Wildman–Crippen MR) is 77.2 cm³/mol. The Bertz CT molecular complexity index is 547. The summed E-state index contributed by atoms with van der Waals surface area (Å²) in [6, 6.07) is 8.31. The van der Waals surface area contributed by atoms with Gasteiger partial charge in [0, 0.05) is 15.8 Å². The van der Waals surface area contributed by atoms with Gasteiger partial charge in [-0.15, -0.1) is 11.3 Å². The van der Waals surface area contributed by atoms with Crippen LogP contribution in [-0.2, 0) is 6.42 Å². The fourth-order valence-corrected chi connectivity index (χ4v) is 3.47. The van der Waals surface area contributed by atoms with Crippen molar-refractivity contribution < 1.29 is 4.39 Å². The van der Waals surface area contributed by atoms with Gasteiger partial charge in [0.25, 0.3) is 0 Å². The molecule has 1 aromatic carbocycles. The molecule has 1 heterocycles. The van der Waals surface area contributed by atoms with E-state index in [0.717, 1.165) is 14.8 Å². The molecule has 0 spiro atoms. The Hall–Kier alpha value is -0.460. The van der Waals surface area contributed by atoms with Crippen molar-refractivity contribution in [3.63, 3.8) is 0 Å². The molecular weight excluding hydrogens is 339 g/mol. The molecule has 3 N–H and O–H groups in total. The second kappa shape index (κ2) is 6.12. The smallest absolute Gasteiger partial charge is 0.124 e. The van der Waals surface area contributed by atoms with Crippen LogP contribution >= 0.6 is 38.9 Å². The summed E-state index contributed by atoms with van der Waals surface area (Å²) in [4.78, 5) is 1.12. The van der Waals surface area contributed by atoms with Crippen molar-refractivity contribution in [2.45, 2.75) is 12.5 Å². The zero-order valence-corrected chi connectivity index (χ0v) is 12.4. The minimum atomic E-state index is -0.277. The Morgan fingerprint density at radius 3 is 2.72 bits per heavy atom. The maximum absolute atomic E-state index is 13.0. The van der Waals surface area contributed by atoms with E-state index in [1.165, 1.54) is 23.5 Å². The number of hydrogen-bond donors (Lipinski definition) is 2. The van der Waals surface area contributed by atoms with Crippen molar-refractivity contribution in [2.75, 3.05) is 0 Å². The molecule has 0 saturated carbocycles. The first-order chi connectivity index (χ1) is 8.60. The molecule has 18 heavy (non-hydrogen) atoms. The van der Waals surface area contributed by atoms with Crippen LogP contribution in [0.1, 0.15) is 16.5 Å². The van der Waals surface area contributed by atoms with Gasteiger partial charge in [-0.1, -0.05) is 33.6 Å². The monoisotopic (exact) mass is 348 g/mol. The maximum Gasteiger partial charge on any atom is 0.124 e. The second-order valence-corrected chi connectivity index (χ2v) is 6.45. The van der Waals surface area contributed by atoms with E-state index >= 15 is 0 Å². The first-order valence-electron chi connectivity index (χ1n) is 5.25. The summed E-state index contributed by atoms with van der Waals surface area (Å²) in [6.07, 6.45) is 0.706. The van der Waals surface area contributed by atoms with Crippen LogP contribution in [0.25, 0.3) is 0 Å². The molecule has 2 aromatic rings. The lowest BCUT2D eigenvalue weighted by Gasteiger charge is -2.17. The standard InChI is InChI=1S/C12H11BrClFN2S/c13-10-5-7(15)1-3-9(10)11(17-16)6-8-2-4-12(14)18-8/h1-5,11,17H,6,16H2. The Labute approximate surface area is 122 Å². The molecule has 0 aliphatic heterocycles. The number of thiophene rings is 1. The molecule has 0 bridgehead atoms. The van der Waals surface area contributed by atoms with Crippen molar-refractivity contribution in [2.24, 2.45) is 5.84 Å². The molecule has 6 heteroatoms. The van der Waals surface area contributed by atoms with Crippen molar-refractivity contribution >= 4 is 38.9 Å². The highest BCUT2D eigenvalue weighted by atomic mass is 79.9. The van der Waals surface area contributed by atoms with E-state index in [2.05, 4.69) is 21.4 Å². The second-order valence-electron chi connectivity index (χ2n) is 3.80. The van der Waals surface area contributed by atoms with Gasteiger partial charge in [0.1, 0.15) is 5.82 Å². The van der Waals surface area contributed by atoms with E-state index in [1.54, 1.807) is 6.07 Å². The van der Waals surface area contributed by atoms with Crippen molar-refractivity contribution in [3.8, 4) is 0 Å². The first kappa shape index (κ1) is 14.0. The highest BCUT2D eigenvalue weighted by Crippen LogP contribution is 2.30. The van der Waals surface area contributed by atoms with Gasteiger partial charge in [0.15, 0.2) is 0 Å². The minimum Gasteiger partial charge on any atom is -0.271 e. The van der Waals surface area contributed by atoms with E-state index in [1.807, 2.05) is 12.1 Å². The average molecular weight is 350 g/mol. The molecule has 96 valence electrons. The van der Waals surface area contributed by atoms with Gasteiger partial charge in [-0.05, 0) is 29.8 Å². The van der Waals surface area contributed by atoms with Crippen LogP contribution in [0.15, 0.2) is 34.8 Å². The summed E-state index contributed by atoms with van der Waals surface area (Å²) in [6.45, 7) is 0. The van der Waals surface area contributed by atoms with Gasteiger partial charge >= 0.3 is 0 Å². The van der Waals surface area contributed by atoms with E-state index in [0.29, 0.717) is 10.9 Å². The Kier molecular flexibility index (Phi) is 4.75. The summed E-state index contributed by atoms with van der Waals surface area (Å²) < 4.78 is 14.5. The molecule has 0 saturated heterocycles. The van der Waals surface area contributed by atoms with Crippen LogP contribution in [0.5, 0.6) is 0 Å². The summed E-state index contributed by atoms with van der Waals surface area (Å²) in [5.74, 6) is 5.30. The van der Waals surface area contributed by atoms with Gasteiger partial charge < -0.3 is 0 Å². The third kappa shape index (κ3) is 3.30. The van der Waals surface area contributed by atoms with Crippen LogP contribution in [0.3, 0.4) is 0 Å². The first-order valence-corrected chi connectivity index (χ1v) is 7.24. The molecular formula is C12H11BrClFN2S. The highest BCUT2D eigenvalue weighted by Gasteiger charge is 2.15. The van der Waals surface area contributed by atoms with Crippen LogP contribution in [-0.4, -0.2) is 0 Å². The Morgan fingerprint density at radius 2 is 2.17 bits per heavy atom. The number of nitrogens with two attached hydrogens (primary N) is 1. The molecule has 0 aliphatic rings. The zero-order valence-electron chi connectivity index (χ0n) is 9.29. The van der Waals surface area contributed by atoms with Gasteiger partial charge in [0.2, 0.25) is 0 Å². The van der Waals surface area contributed by atoms with Gasteiger partial charge in [-0.2, -0.15) is 0 Å². The Morgan fingerprint density at radius 1 is 1.39 bits per heavy atom. The third-order valence-electron chi connectivity index (χ3n) is 2.57. The lowest BCUT2D eigenvalue weighted by Crippen LogP contribution is -2.29. The van der Waals surface area contributed by atoms with E-state index in [-0.39, 0.29) is 11.9 Å². The van der Waals surface area contributed by atoms with E-state index in [9.17, 15) is 4.39 Å². The molecule has 0 aliphatic carbocycles. The van der Waals surface area contributed by atoms with Crippen molar-refractivity contribution in [3.05, 3.63) is 55.4 Å². The quantitative estimate of drug-likeness (QED) is 0.645. The van der Waals surface area contributed by atoms with Crippen LogP contribution in [0.2, 0.25) is 4.34 Å². The lowest BCUT2D eigenvalue weighted by molar-refractivity contribution is 0.550. The average Bonchev–Trinajstić information content (AvgIpc) is 2.72. The number of benzene rings is 1. The van der Waals surface area contributed by atoms with Gasteiger partial charge in [0.05, 0.1) is 10.4 Å². The summed E-state index contributed by atoms with van der Waals surface area (Å²) in [5.41, 5.74) is 3.67. The van der Waals surface area contributed by atoms with Crippen molar-refractivity contribution in [1.82, 2.24) is 5.43 Å². The highest BCUT2D eigenvalue weighted by molar-refractivity contribution is 9.10. The lowest BCUT2D eigenvalue weighted by atomic mass is 10.0. The summed E-state index contributed by atoms with van der Waals surface area (Å²) in [7, 11) is 0. The fourth-order valence-electron chi connectivity index (χ4n) is 1.71. The summed E-state index contributed by atoms with van der Waals surface area (Å²) >= 11 is 10.8. The van der Waals surface area contributed by atoms with Gasteiger partial charge in [-0.25, -0.2) is 4.39 Å². The minimum absolute atomic E-state index is 0.0882. The molecule has 1 unspecified atom stereocenters. The molecule has 1 atom stereocenters. The Balaban J connectivity index is 2.22. The molecule has 2 nitrogen and oxygen atoms in total.